The fraction of sp³-hybridized carbons (Fsp3) is 0.889. The third-order valence-electron chi connectivity index (χ3n) is 3.76. The van der Waals surface area contributed by atoms with Crippen LogP contribution in [0.2, 0.25) is 0 Å². The van der Waals surface area contributed by atoms with E-state index in [9.17, 15) is 10.2 Å². The van der Waals surface area contributed by atoms with Crippen molar-refractivity contribution in [3.05, 3.63) is 12.2 Å². The van der Waals surface area contributed by atoms with Gasteiger partial charge in [-0.05, 0) is 12.8 Å². The van der Waals surface area contributed by atoms with Crippen molar-refractivity contribution in [1.29, 1.82) is 0 Å². The zero-order valence-corrected chi connectivity index (χ0v) is 13.7. The Balaban J connectivity index is 3.39. The van der Waals surface area contributed by atoms with Gasteiger partial charge in [0.15, 0.2) is 0 Å². The van der Waals surface area contributed by atoms with E-state index in [1.807, 2.05) is 0 Å². The van der Waals surface area contributed by atoms with Crippen LogP contribution in [0.25, 0.3) is 0 Å². The van der Waals surface area contributed by atoms with E-state index in [1.165, 1.54) is 44.9 Å². The highest BCUT2D eigenvalue weighted by molar-refractivity contribution is 4.93. The Morgan fingerprint density at radius 2 is 1.00 bits per heavy atom. The number of rotatable bonds is 14. The first kappa shape index (κ1) is 19.7. The summed E-state index contributed by atoms with van der Waals surface area (Å²) in [6.07, 6.45) is 16.9. The van der Waals surface area contributed by atoms with Gasteiger partial charge in [0.05, 0.1) is 12.2 Å². The fourth-order valence-electron chi connectivity index (χ4n) is 2.35. The van der Waals surface area contributed by atoms with Crippen LogP contribution in [-0.2, 0) is 0 Å². The Bertz CT molecular complexity index is 213. The van der Waals surface area contributed by atoms with Crippen LogP contribution in [0.4, 0.5) is 0 Å². The first-order valence-corrected chi connectivity index (χ1v) is 8.75. The van der Waals surface area contributed by atoms with Gasteiger partial charge in [0.1, 0.15) is 0 Å². The lowest BCUT2D eigenvalue weighted by Gasteiger charge is -2.08. The van der Waals surface area contributed by atoms with Gasteiger partial charge in [-0.15, -0.1) is 0 Å². The van der Waals surface area contributed by atoms with Gasteiger partial charge in [-0.2, -0.15) is 0 Å². The summed E-state index contributed by atoms with van der Waals surface area (Å²) in [6.45, 7) is 4.36. The number of aliphatic hydroxyl groups excluding tert-OH is 2. The summed E-state index contributed by atoms with van der Waals surface area (Å²) < 4.78 is 0. The number of aliphatic hydroxyl groups is 2. The molecule has 0 aromatic heterocycles. The van der Waals surface area contributed by atoms with Crippen LogP contribution in [0.3, 0.4) is 0 Å². The molecule has 20 heavy (non-hydrogen) atoms. The van der Waals surface area contributed by atoms with Crippen molar-refractivity contribution in [3.8, 4) is 0 Å². The average Bonchev–Trinajstić information content (AvgIpc) is 2.45. The topological polar surface area (TPSA) is 40.5 Å². The summed E-state index contributed by atoms with van der Waals surface area (Å²) in [7, 11) is 0. The fourth-order valence-corrected chi connectivity index (χ4v) is 2.35. The quantitative estimate of drug-likeness (QED) is 0.348. The molecule has 2 atom stereocenters. The molecule has 0 spiro atoms. The second-order valence-electron chi connectivity index (χ2n) is 5.93. The van der Waals surface area contributed by atoms with E-state index in [0.29, 0.717) is 0 Å². The Morgan fingerprint density at radius 3 is 1.50 bits per heavy atom. The molecule has 120 valence electrons. The molecule has 0 rings (SSSR count). The molecule has 0 aliphatic heterocycles. The molecule has 0 aliphatic carbocycles. The van der Waals surface area contributed by atoms with Gasteiger partial charge >= 0.3 is 0 Å². The van der Waals surface area contributed by atoms with E-state index in [4.69, 9.17) is 0 Å². The number of hydrogen-bond acceptors (Lipinski definition) is 2. The zero-order chi connectivity index (χ0) is 15.1. The SMILES string of the molecule is CCCCCCCCCC[C@H](O)/C=C/[C@H](O)CCCC. The van der Waals surface area contributed by atoms with Crippen LogP contribution in [0.1, 0.15) is 90.9 Å². The Kier molecular flexibility index (Phi) is 14.8. The van der Waals surface area contributed by atoms with Crippen LogP contribution >= 0.6 is 0 Å². The minimum atomic E-state index is -0.386. The molecule has 0 saturated heterocycles. The highest BCUT2D eigenvalue weighted by Gasteiger charge is 2.02. The highest BCUT2D eigenvalue weighted by atomic mass is 16.3. The average molecular weight is 284 g/mol. The van der Waals surface area contributed by atoms with Crippen molar-refractivity contribution in [3.63, 3.8) is 0 Å². The van der Waals surface area contributed by atoms with Crippen molar-refractivity contribution in [2.75, 3.05) is 0 Å². The predicted octanol–water partition coefficient (Wildman–Crippen LogP) is 4.99. The van der Waals surface area contributed by atoms with E-state index in [2.05, 4.69) is 13.8 Å². The third-order valence-corrected chi connectivity index (χ3v) is 3.76. The van der Waals surface area contributed by atoms with Gasteiger partial charge in [0.2, 0.25) is 0 Å². The Hall–Kier alpha value is -0.340. The maximum Gasteiger partial charge on any atom is 0.0721 e. The van der Waals surface area contributed by atoms with Gasteiger partial charge < -0.3 is 10.2 Å². The lowest BCUT2D eigenvalue weighted by molar-refractivity contribution is 0.192. The van der Waals surface area contributed by atoms with Crippen LogP contribution in [0, 0.1) is 0 Å². The second kappa shape index (κ2) is 15.1. The van der Waals surface area contributed by atoms with Crippen LogP contribution in [-0.4, -0.2) is 22.4 Å². The molecule has 2 nitrogen and oxygen atoms in total. The van der Waals surface area contributed by atoms with Crippen molar-refractivity contribution < 1.29 is 10.2 Å². The number of hydrogen-bond donors (Lipinski definition) is 2. The van der Waals surface area contributed by atoms with Crippen molar-refractivity contribution in [2.24, 2.45) is 0 Å². The van der Waals surface area contributed by atoms with Crippen LogP contribution < -0.4 is 0 Å². The molecular weight excluding hydrogens is 248 g/mol. The smallest absolute Gasteiger partial charge is 0.0721 e. The highest BCUT2D eigenvalue weighted by Crippen LogP contribution is 2.11. The first-order chi connectivity index (χ1) is 9.70. The molecule has 0 fully saturated rings. The largest absolute Gasteiger partial charge is 0.389 e. The molecule has 0 aromatic rings. The molecule has 0 bridgehead atoms. The van der Waals surface area contributed by atoms with Crippen LogP contribution in [0.5, 0.6) is 0 Å². The van der Waals surface area contributed by atoms with Gasteiger partial charge in [0.25, 0.3) is 0 Å². The van der Waals surface area contributed by atoms with Gasteiger partial charge in [-0.3, -0.25) is 0 Å². The predicted molar refractivity (Wildman–Crippen MR) is 87.9 cm³/mol. The summed E-state index contributed by atoms with van der Waals surface area (Å²) in [5, 5.41) is 19.4. The molecule has 2 heteroatoms. The standard InChI is InChI=1S/C18H36O2/c1-3-5-7-8-9-10-11-12-14-18(20)16-15-17(19)13-6-4-2/h15-20H,3-14H2,1-2H3/b16-15+/t17-,18+/m1/s1. The zero-order valence-electron chi connectivity index (χ0n) is 13.7. The van der Waals surface area contributed by atoms with Gasteiger partial charge in [-0.1, -0.05) is 90.2 Å². The molecule has 0 aromatic carbocycles. The first-order valence-electron chi connectivity index (χ1n) is 8.75. The van der Waals surface area contributed by atoms with E-state index < -0.39 is 0 Å². The lowest BCUT2D eigenvalue weighted by atomic mass is 10.0. The van der Waals surface area contributed by atoms with Crippen LogP contribution in [0.15, 0.2) is 12.2 Å². The minimum Gasteiger partial charge on any atom is -0.389 e. The third kappa shape index (κ3) is 14.1. The molecule has 0 unspecified atom stereocenters. The van der Waals surface area contributed by atoms with E-state index in [1.54, 1.807) is 12.2 Å². The molecule has 0 heterocycles. The molecule has 2 N–H and O–H groups in total. The lowest BCUT2D eigenvalue weighted by Crippen LogP contribution is -2.06. The van der Waals surface area contributed by atoms with E-state index in [-0.39, 0.29) is 12.2 Å². The molecule has 0 radical (unpaired) electrons. The summed E-state index contributed by atoms with van der Waals surface area (Å²) in [4.78, 5) is 0. The summed E-state index contributed by atoms with van der Waals surface area (Å²) in [5.74, 6) is 0. The maximum absolute atomic E-state index is 9.80. The molecule has 0 amide bonds. The Labute approximate surface area is 126 Å². The monoisotopic (exact) mass is 284 g/mol. The van der Waals surface area contributed by atoms with E-state index >= 15 is 0 Å². The normalized spacial score (nSPS) is 14.8. The van der Waals surface area contributed by atoms with E-state index in [0.717, 1.165) is 32.1 Å². The van der Waals surface area contributed by atoms with Crippen molar-refractivity contribution >= 4 is 0 Å². The maximum atomic E-state index is 9.80. The van der Waals surface area contributed by atoms with Crippen molar-refractivity contribution in [2.45, 2.75) is 103 Å². The van der Waals surface area contributed by atoms with Gasteiger partial charge in [0, 0.05) is 0 Å². The van der Waals surface area contributed by atoms with Gasteiger partial charge in [-0.25, -0.2) is 0 Å². The Morgan fingerprint density at radius 1 is 0.600 bits per heavy atom. The molecular formula is C18H36O2. The summed E-state index contributed by atoms with van der Waals surface area (Å²) in [6, 6.07) is 0. The summed E-state index contributed by atoms with van der Waals surface area (Å²) in [5.41, 5.74) is 0. The van der Waals surface area contributed by atoms with Crippen molar-refractivity contribution in [1.82, 2.24) is 0 Å². The molecule has 0 aliphatic rings. The summed E-state index contributed by atoms with van der Waals surface area (Å²) >= 11 is 0. The number of unbranched alkanes of at least 4 members (excludes halogenated alkanes) is 8. The minimum absolute atomic E-state index is 0.383. The second-order valence-corrected chi connectivity index (χ2v) is 5.93. The molecule has 0 saturated carbocycles.